The molecule has 3 heteroatoms. The SMILES string of the molecule is Cc1cccc(CCC(=O)Nc2ccc(CCBr)cc2)c1. The summed E-state index contributed by atoms with van der Waals surface area (Å²) in [6.07, 6.45) is 2.28. The molecule has 0 radical (unpaired) electrons. The van der Waals surface area contributed by atoms with Gasteiger partial charge in [0.15, 0.2) is 0 Å². The molecule has 0 aliphatic heterocycles. The predicted octanol–water partition coefficient (Wildman–Crippen LogP) is 4.50. The lowest BCUT2D eigenvalue weighted by Crippen LogP contribution is -2.12. The van der Waals surface area contributed by atoms with Crippen molar-refractivity contribution in [1.82, 2.24) is 0 Å². The maximum Gasteiger partial charge on any atom is 0.224 e. The summed E-state index contributed by atoms with van der Waals surface area (Å²) in [6, 6.07) is 16.3. The summed E-state index contributed by atoms with van der Waals surface area (Å²) in [5.41, 5.74) is 4.57. The van der Waals surface area contributed by atoms with Crippen molar-refractivity contribution in [2.75, 3.05) is 10.6 Å². The van der Waals surface area contributed by atoms with Crippen LogP contribution in [0, 0.1) is 6.92 Å². The van der Waals surface area contributed by atoms with E-state index in [-0.39, 0.29) is 5.91 Å². The highest BCUT2D eigenvalue weighted by Crippen LogP contribution is 2.12. The molecule has 0 bridgehead atoms. The van der Waals surface area contributed by atoms with Crippen molar-refractivity contribution in [3.05, 3.63) is 65.2 Å². The molecule has 0 saturated heterocycles. The summed E-state index contributed by atoms with van der Waals surface area (Å²) >= 11 is 3.42. The van der Waals surface area contributed by atoms with Crippen LogP contribution < -0.4 is 5.32 Å². The van der Waals surface area contributed by atoms with E-state index < -0.39 is 0 Å². The van der Waals surface area contributed by atoms with Gasteiger partial charge in [-0.15, -0.1) is 0 Å². The number of halogens is 1. The molecule has 1 N–H and O–H groups in total. The number of carbonyl (C=O) groups is 1. The van der Waals surface area contributed by atoms with Crippen LogP contribution in [0.3, 0.4) is 0 Å². The molecule has 0 heterocycles. The Balaban J connectivity index is 1.84. The summed E-state index contributed by atoms with van der Waals surface area (Å²) < 4.78 is 0. The summed E-state index contributed by atoms with van der Waals surface area (Å²) in [4.78, 5) is 12.0. The molecule has 0 aliphatic rings. The molecule has 0 fully saturated rings. The van der Waals surface area contributed by atoms with Crippen molar-refractivity contribution in [2.45, 2.75) is 26.2 Å². The van der Waals surface area contributed by atoms with Gasteiger partial charge in [0.25, 0.3) is 0 Å². The summed E-state index contributed by atoms with van der Waals surface area (Å²) in [5.74, 6) is 0.0600. The first-order valence-electron chi connectivity index (χ1n) is 7.17. The lowest BCUT2D eigenvalue weighted by atomic mass is 10.1. The number of nitrogens with one attached hydrogen (secondary N) is 1. The number of anilines is 1. The molecule has 2 aromatic carbocycles. The Kier molecular flexibility index (Phi) is 6.00. The van der Waals surface area contributed by atoms with Gasteiger partial charge >= 0.3 is 0 Å². The van der Waals surface area contributed by atoms with E-state index in [1.54, 1.807) is 0 Å². The zero-order valence-electron chi connectivity index (χ0n) is 12.2. The quantitative estimate of drug-likeness (QED) is 0.767. The average Bonchev–Trinajstić information content (AvgIpc) is 2.48. The lowest BCUT2D eigenvalue weighted by molar-refractivity contribution is -0.116. The van der Waals surface area contributed by atoms with Crippen LogP contribution in [0.4, 0.5) is 5.69 Å². The minimum Gasteiger partial charge on any atom is -0.326 e. The number of aryl methyl sites for hydroxylation is 3. The van der Waals surface area contributed by atoms with Crippen LogP contribution in [0.1, 0.15) is 23.1 Å². The van der Waals surface area contributed by atoms with Gasteiger partial charge < -0.3 is 5.32 Å². The predicted molar refractivity (Wildman–Crippen MR) is 92.1 cm³/mol. The Labute approximate surface area is 134 Å². The Morgan fingerprint density at radius 1 is 1.05 bits per heavy atom. The minimum atomic E-state index is 0.0600. The van der Waals surface area contributed by atoms with Gasteiger partial charge in [0.1, 0.15) is 0 Å². The third kappa shape index (κ3) is 5.35. The van der Waals surface area contributed by atoms with Crippen molar-refractivity contribution in [1.29, 1.82) is 0 Å². The van der Waals surface area contributed by atoms with Gasteiger partial charge in [-0.2, -0.15) is 0 Å². The van der Waals surface area contributed by atoms with Gasteiger partial charge in [-0.25, -0.2) is 0 Å². The van der Waals surface area contributed by atoms with Crippen LogP contribution in [0.25, 0.3) is 0 Å². The first-order chi connectivity index (χ1) is 10.2. The fourth-order valence-corrected chi connectivity index (χ4v) is 2.67. The van der Waals surface area contributed by atoms with Crippen LogP contribution in [0.2, 0.25) is 0 Å². The summed E-state index contributed by atoms with van der Waals surface area (Å²) in [6.45, 7) is 2.07. The molecular weight excluding hydrogens is 326 g/mol. The van der Waals surface area contributed by atoms with Gasteiger partial charge in [-0.1, -0.05) is 57.9 Å². The van der Waals surface area contributed by atoms with Crippen LogP contribution in [-0.4, -0.2) is 11.2 Å². The van der Waals surface area contributed by atoms with Crippen LogP contribution in [0.5, 0.6) is 0 Å². The maximum absolute atomic E-state index is 12.0. The smallest absolute Gasteiger partial charge is 0.224 e. The topological polar surface area (TPSA) is 29.1 Å². The number of hydrogen-bond donors (Lipinski definition) is 1. The molecule has 0 atom stereocenters. The van der Waals surface area contributed by atoms with E-state index in [4.69, 9.17) is 0 Å². The number of benzene rings is 2. The van der Waals surface area contributed by atoms with Crippen LogP contribution in [0.15, 0.2) is 48.5 Å². The highest BCUT2D eigenvalue weighted by atomic mass is 79.9. The molecule has 2 nitrogen and oxygen atoms in total. The first kappa shape index (κ1) is 15.8. The fraction of sp³-hybridized carbons (Fsp3) is 0.278. The van der Waals surface area contributed by atoms with E-state index in [9.17, 15) is 4.79 Å². The van der Waals surface area contributed by atoms with E-state index in [2.05, 4.69) is 58.5 Å². The van der Waals surface area contributed by atoms with E-state index in [1.807, 2.05) is 18.2 Å². The Morgan fingerprint density at radius 3 is 2.48 bits per heavy atom. The Morgan fingerprint density at radius 2 is 1.81 bits per heavy atom. The Bertz CT molecular complexity index is 592. The van der Waals surface area contributed by atoms with Crippen LogP contribution >= 0.6 is 15.9 Å². The van der Waals surface area contributed by atoms with Crippen molar-refractivity contribution in [3.8, 4) is 0 Å². The highest BCUT2D eigenvalue weighted by molar-refractivity contribution is 9.09. The molecule has 21 heavy (non-hydrogen) atoms. The third-order valence-electron chi connectivity index (χ3n) is 3.34. The van der Waals surface area contributed by atoms with Crippen molar-refractivity contribution >= 4 is 27.5 Å². The molecule has 110 valence electrons. The number of rotatable bonds is 6. The first-order valence-corrected chi connectivity index (χ1v) is 8.30. The number of hydrogen-bond acceptors (Lipinski definition) is 1. The number of alkyl halides is 1. The van der Waals surface area contributed by atoms with Gasteiger partial charge in [0, 0.05) is 17.4 Å². The second kappa shape index (κ2) is 7.99. The molecule has 0 unspecified atom stereocenters. The zero-order valence-corrected chi connectivity index (χ0v) is 13.8. The van der Waals surface area contributed by atoms with Gasteiger partial charge in [-0.3, -0.25) is 4.79 Å². The van der Waals surface area contributed by atoms with Crippen molar-refractivity contribution in [3.63, 3.8) is 0 Å². The number of amides is 1. The largest absolute Gasteiger partial charge is 0.326 e. The fourth-order valence-electron chi connectivity index (χ4n) is 2.21. The molecule has 0 aromatic heterocycles. The van der Waals surface area contributed by atoms with E-state index in [0.717, 1.165) is 23.9 Å². The average molecular weight is 346 g/mol. The molecule has 1 amide bonds. The summed E-state index contributed by atoms with van der Waals surface area (Å²) in [7, 11) is 0. The van der Waals surface area contributed by atoms with Crippen LogP contribution in [-0.2, 0) is 17.6 Å². The molecule has 0 spiro atoms. The molecule has 0 saturated carbocycles. The molecule has 2 aromatic rings. The minimum absolute atomic E-state index is 0.0600. The van der Waals surface area contributed by atoms with E-state index in [1.165, 1.54) is 16.7 Å². The van der Waals surface area contributed by atoms with E-state index >= 15 is 0 Å². The second-order valence-electron chi connectivity index (χ2n) is 5.17. The normalized spacial score (nSPS) is 10.4. The standard InChI is InChI=1S/C18H20BrNO/c1-14-3-2-4-16(13-14)7-10-18(21)20-17-8-5-15(6-9-17)11-12-19/h2-6,8-9,13H,7,10-12H2,1H3,(H,20,21). The molecule has 2 rings (SSSR count). The maximum atomic E-state index is 12.0. The third-order valence-corrected chi connectivity index (χ3v) is 3.74. The summed E-state index contributed by atoms with van der Waals surface area (Å²) in [5, 5.41) is 3.90. The highest BCUT2D eigenvalue weighted by Gasteiger charge is 2.03. The van der Waals surface area contributed by atoms with E-state index in [0.29, 0.717) is 6.42 Å². The molecule has 0 aliphatic carbocycles. The zero-order chi connectivity index (χ0) is 15.1. The van der Waals surface area contributed by atoms with Gasteiger partial charge in [0.05, 0.1) is 0 Å². The van der Waals surface area contributed by atoms with Gasteiger partial charge in [0.2, 0.25) is 5.91 Å². The second-order valence-corrected chi connectivity index (χ2v) is 5.97. The van der Waals surface area contributed by atoms with Crippen molar-refractivity contribution in [2.24, 2.45) is 0 Å². The Hall–Kier alpha value is -1.61. The molecular formula is C18H20BrNO. The van der Waals surface area contributed by atoms with Crippen molar-refractivity contribution < 1.29 is 4.79 Å². The monoisotopic (exact) mass is 345 g/mol. The lowest BCUT2D eigenvalue weighted by Gasteiger charge is -2.07. The number of carbonyl (C=O) groups excluding carboxylic acids is 1. The van der Waals surface area contributed by atoms with Gasteiger partial charge in [-0.05, 0) is 43.0 Å².